The van der Waals surface area contributed by atoms with Gasteiger partial charge in [0.2, 0.25) is 0 Å². The minimum Gasteiger partial charge on any atom is -0.481 e. The molecule has 0 fully saturated rings. The van der Waals surface area contributed by atoms with Gasteiger partial charge in [-0.3, -0.25) is 10.1 Å². The van der Waals surface area contributed by atoms with Crippen molar-refractivity contribution in [2.24, 2.45) is 0 Å². The lowest BCUT2D eigenvalue weighted by molar-refractivity contribution is -0.384. The van der Waals surface area contributed by atoms with Gasteiger partial charge in [0.05, 0.1) is 15.8 Å². The number of non-ortho nitro benzene ring substituents is 1. The number of hydrogen-bond donors (Lipinski definition) is 0. The maximum absolute atomic E-state index is 12.5. The van der Waals surface area contributed by atoms with Crippen LogP contribution in [0.5, 0.6) is 5.75 Å². The van der Waals surface area contributed by atoms with Crippen LogP contribution in [0.3, 0.4) is 0 Å². The van der Waals surface area contributed by atoms with Gasteiger partial charge in [-0.05, 0) is 62.6 Å². The van der Waals surface area contributed by atoms with Crippen LogP contribution in [0.15, 0.2) is 52.3 Å². The Morgan fingerprint density at radius 1 is 1.13 bits per heavy atom. The molecule has 2 aromatic carbocycles. The number of rotatable bonds is 7. The number of hydrogen-bond acceptors (Lipinski definition) is 5. The smallest absolute Gasteiger partial charge is 0.345 e. The zero-order valence-corrected chi connectivity index (χ0v) is 19.4. The predicted octanol–water partition coefficient (Wildman–Crippen LogP) is 5.35. The fourth-order valence-electron chi connectivity index (χ4n) is 3.71. The minimum absolute atomic E-state index is 0.00694. The second-order valence-electron chi connectivity index (χ2n) is 8.16. The van der Waals surface area contributed by atoms with Gasteiger partial charge in [0.1, 0.15) is 22.0 Å². The van der Waals surface area contributed by atoms with Crippen LogP contribution in [0.2, 0.25) is 0 Å². The van der Waals surface area contributed by atoms with E-state index in [1.807, 2.05) is 13.8 Å². The molecule has 0 N–H and O–H groups in total. The number of benzene rings is 2. The van der Waals surface area contributed by atoms with E-state index in [9.17, 15) is 14.9 Å². The van der Waals surface area contributed by atoms with Gasteiger partial charge in [0, 0.05) is 37.6 Å². The fourth-order valence-corrected chi connectivity index (χ4v) is 5.95. The Morgan fingerprint density at radius 3 is 2.26 bits per heavy atom. The highest BCUT2D eigenvalue weighted by Gasteiger charge is 2.30. The lowest BCUT2D eigenvalue weighted by Crippen LogP contribution is -2.28. The van der Waals surface area contributed by atoms with E-state index >= 15 is 0 Å². The molecule has 1 atom stereocenters. The maximum Gasteiger partial charge on any atom is 0.345 e. The third-order valence-electron chi connectivity index (χ3n) is 5.34. The lowest BCUT2D eigenvalue weighted by Gasteiger charge is -2.25. The molecule has 1 heterocycles. The molecule has 0 saturated heterocycles. The van der Waals surface area contributed by atoms with Gasteiger partial charge in [-0.1, -0.05) is 0 Å². The Balaban J connectivity index is 1.65. The number of nitro groups is 1. The Bertz CT molecular complexity index is 1000. The largest absolute Gasteiger partial charge is 0.481 e. The number of aryl methyl sites for hydroxylation is 2. The van der Waals surface area contributed by atoms with Gasteiger partial charge in [0.25, 0.3) is 5.69 Å². The topological polar surface area (TPSA) is 78.7 Å². The summed E-state index contributed by atoms with van der Waals surface area (Å²) in [6.07, 6.45) is 3.43. The van der Waals surface area contributed by atoms with Crippen molar-refractivity contribution in [2.75, 3.05) is 12.4 Å². The standard InChI is InChI=1S/C24H28NO5S/c1-16-13-21(31-12-6-7-18(31)3)14-17(2)23(16)29-15-22(26)30-24(4,5)19-8-10-20(11-9-19)25(27)28/h7-11,13-14H,6,12,15H2,1-5H3/q+1. The van der Waals surface area contributed by atoms with Gasteiger partial charge >= 0.3 is 5.97 Å². The Labute approximate surface area is 185 Å². The zero-order chi connectivity index (χ0) is 22.8. The number of esters is 1. The number of nitrogens with zero attached hydrogens (tertiary/aromatic N) is 1. The SMILES string of the molecule is CC1=CCC[S+]1c1cc(C)c(OCC(=O)OC(C)(C)c2ccc([N+](=O)[O-])cc2)c(C)c1. The summed E-state index contributed by atoms with van der Waals surface area (Å²) >= 11 is 0. The van der Waals surface area contributed by atoms with Gasteiger partial charge in [-0.15, -0.1) is 0 Å². The summed E-state index contributed by atoms with van der Waals surface area (Å²) in [5.41, 5.74) is 1.74. The quantitative estimate of drug-likeness (QED) is 0.250. The Morgan fingerprint density at radius 2 is 1.74 bits per heavy atom. The van der Waals surface area contributed by atoms with Crippen molar-refractivity contribution in [3.63, 3.8) is 0 Å². The third kappa shape index (κ3) is 5.28. The molecular formula is C24H28NO5S+. The molecule has 0 spiro atoms. The van der Waals surface area contributed by atoms with E-state index in [1.165, 1.54) is 21.9 Å². The van der Waals surface area contributed by atoms with Crippen molar-refractivity contribution >= 4 is 22.6 Å². The molecule has 2 aromatic rings. The van der Waals surface area contributed by atoms with Gasteiger partial charge in [-0.2, -0.15) is 0 Å². The number of carbonyl (C=O) groups excluding carboxylic acids is 1. The first-order valence-electron chi connectivity index (χ1n) is 10.2. The molecule has 1 aliphatic heterocycles. The van der Waals surface area contributed by atoms with Crippen LogP contribution in [0, 0.1) is 24.0 Å². The normalized spacial score (nSPS) is 16.0. The number of ether oxygens (including phenoxy) is 2. The molecular weight excluding hydrogens is 414 g/mol. The van der Waals surface area contributed by atoms with E-state index in [4.69, 9.17) is 9.47 Å². The second kappa shape index (κ2) is 9.14. The van der Waals surface area contributed by atoms with Crippen LogP contribution in [-0.4, -0.2) is 23.3 Å². The molecule has 0 bridgehead atoms. The lowest BCUT2D eigenvalue weighted by atomic mass is 9.98. The van der Waals surface area contributed by atoms with Crippen molar-refractivity contribution in [1.29, 1.82) is 0 Å². The third-order valence-corrected chi connectivity index (χ3v) is 7.73. The molecule has 0 aliphatic carbocycles. The van der Waals surface area contributed by atoms with E-state index in [1.54, 1.807) is 26.0 Å². The summed E-state index contributed by atoms with van der Waals surface area (Å²) in [5.74, 6) is 1.37. The van der Waals surface area contributed by atoms with Crippen molar-refractivity contribution < 1.29 is 19.2 Å². The molecule has 164 valence electrons. The molecule has 7 heteroatoms. The molecule has 3 rings (SSSR count). The summed E-state index contributed by atoms with van der Waals surface area (Å²) in [4.78, 5) is 25.6. The highest BCUT2D eigenvalue weighted by molar-refractivity contribution is 8.00. The van der Waals surface area contributed by atoms with Crippen LogP contribution in [0.4, 0.5) is 5.69 Å². The first kappa shape index (κ1) is 22.9. The van der Waals surface area contributed by atoms with Crippen LogP contribution in [0.1, 0.15) is 43.9 Å². The maximum atomic E-state index is 12.5. The van der Waals surface area contributed by atoms with Gasteiger partial charge in [-0.25, -0.2) is 4.79 Å². The highest BCUT2D eigenvalue weighted by atomic mass is 32.2. The number of allylic oxidation sites excluding steroid dienone is 2. The zero-order valence-electron chi connectivity index (χ0n) is 18.6. The first-order valence-corrected chi connectivity index (χ1v) is 11.6. The van der Waals surface area contributed by atoms with E-state index < -0.39 is 16.5 Å². The average Bonchev–Trinajstić information content (AvgIpc) is 3.12. The Hall–Kier alpha value is -2.80. The monoisotopic (exact) mass is 442 g/mol. The first-order chi connectivity index (χ1) is 14.6. The molecule has 0 saturated carbocycles. The van der Waals surface area contributed by atoms with E-state index in [0.29, 0.717) is 11.3 Å². The molecule has 6 nitrogen and oxygen atoms in total. The molecule has 0 aromatic heterocycles. The van der Waals surface area contributed by atoms with Crippen LogP contribution >= 0.6 is 0 Å². The van der Waals surface area contributed by atoms with Gasteiger partial charge < -0.3 is 9.47 Å². The molecule has 0 radical (unpaired) electrons. The highest BCUT2D eigenvalue weighted by Crippen LogP contribution is 2.34. The van der Waals surface area contributed by atoms with Crippen molar-refractivity contribution in [3.05, 3.63) is 74.2 Å². The molecule has 1 aliphatic rings. The summed E-state index contributed by atoms with van der Waals surface area (Å²) in [6.45, 7) is 9.47. The van der Waals surface area contributed by atoms with Gasteiger partial charge in [0.15, 0.2) is 11.5 Å². The summed E-state index contributed by atoms with van der Waals surface area (Å²) in [7, 11) is 0.155. The molecule has 1 unspecified atom stereocenters. The van der Waals surface area contributed by atoms with E-state index in [0.717, 1.165) is 23.3 Å². The van der Waals surface area contributed by atoms with Crippen molar-refractivity contribution in [3.8, 4) is 5.75 Å². The fraction of sp³-hybridized carbons (Fsp3) is 0.375. The van der Waals surface area contributed by atoms with Crippen molar-refractivity contribution in [2.45, 2.75) is 51.5 Å². The average molecular weight is 443 g/mol. The predicted molar refractivity (Wildman–Crippen MR) is 122 cm³/mol. The van der Waals surface area contributed by atoms with Crippen molar-refractivity contribution in [1.82, 2.24) is 0 Å². The number of nitro benzene ring substituents is 1. The minimum atomic E-state index is -0.934. The second-order valence-corrected chi connectivity index (χ2v) is 10.5. The molecule has 31 heavy (non-hydrogen) atoms. The molecule has 0 amide bonds. The summed E-state index contributed by atoms with van der Waals surface area (Å²) in [5, 5.41) is 10.8. The van der Waals surface area contributed by atoms with Crippen LogP contribution in [0.25, 0.3) is 0 Å². The number of carbonyl (C=O) groups is 1. The summed E-state index contributed by atoms with van der Waals surface area (Å²) in [6, 6.07) is 10.3. The van der Waals surface area contributed by atoms with E-state index in [2.05, 4.69) is 25.1 Å². The van der Waals surface area contributed by atoms with Crippen LogP contribution in [-0.2, 0) is 26.0 Å². The summed E-state index contributed by atoms with van der Waals surface area (Å²) < 4.78 is 11.4. The van der Waals surface area contributed by atoms with E-state index in [-0.39, 0.29) is 23.2 Å². The van der Waals surface area contributed by atoms with Crippen LogP contribution < -0.4 is 4.74 Å². The Kier molecular flexibility index (Phi) is 6.74.